The molecule has 1 N–H and O–H groups in total. The molecule has 0 saturated carbocycles. The number of nitriles is 1. The van der Waals surface area contributed by atoms with Gasteiger partial charge in [-0.1, -0.05) is 0 Å². The quantitative estimate of drug-likeness (QED) is 0.782. The van der Waals surface area contributed by atoms with Gasteiger partial charge in [-0.25, -0.2) is 0 Å². The lowest BCUT2D eigenvalue weighted by molar-refractivity contribution is -0.120. The molecule has 0 spiro atoms. The smallest absolute Gasteiger partial charge is 0.217 e. The predicted molar refractivity (Wildman–Crippen MR) is 124 cm³/mol. The zero-order valence-corrected chi connectivity index (χ0v) is 18.9. The number of carbonyl (C=O) groups is 1. The number of morpholine rings is 1. The van der Waals surface area contributed by atoms with E-state index >= 15 is 0 Å². The van der Waals surface area contributed by atoms with E-state index in [1.54, 1.807) is 13.1 Å². The van der Waals surface area contributed by atoms with Crippen molar-refractivity contribution in [2.75, 3.05) is 37.6 Å². The maximum atomic E-state index is 11.3. The summed E-state index contributed by atoms with van der Waals surface area (Å²) in [6, 6.07) is 10.4. The zero-order valence-electron chi connectivity index (χ0n) is 18.1. The van der Waals surface area contributed by atoms with E-state index in [2.05, 4.69) is 33.1 Å². The number of piperidine rings is 1. The highest BCUT2D eigenvalue weighted by Crippen LogP contribution is 2.30. The molecule has 2 aliphatic heterocycles. The molecule has 2 saturated heterocycles. The maximum absolute atomic E-state index is 11.3. The fourth-order valence-electron chi connectivity index (χ4n) is 4.70. The molecule has 166 valence electrons. The SMILES string of the molecule is CC(=O)NC1CCN(C[C@H]2CN(c3ccc(C#N)c4ncccc34)C[C@@H](C)O2)CC1.Cl. The number of fused-ring (bicyclic) bond motifs is 1. The van der Waals surface area contributed by atoms with Gasteiger partial charge < -0.3 is 19.9 Å². The third kappa shape index (κ3) is 5.45. The van der Waals surface area contributed by atoms with Crippen molar-refractivity contribution >= 4 is 34.9 Å². The average molecular weight is 444 g/mol. The summed E-state index contributed by atoms with van der Waals surface area (Å²) >= 11 is 0. The molecule has 7 nitrogen and oxygen atoms in total. The first-order valence-electron chi connectivity index (χ1n) is 10.7. The topological polar surface area (TPSA) is 81.5 Å². The number of nitrogens with zero attached hydrogens (tertiary/aromatic N) is 4. The molecule has 2 aromatic rings. The number of hydrogen-bond donors (Lipinski definition) is 1. The van der Waals surface area contributed by atoms with Gasteiger partial charge in [0.2, 0.25) is 5.91 Å². The molecule has 3 heterocycles. The Labute approximate surface area is 189 Å². The number of anilines is 1. The van der Waals surface area contributed by atoms with Gasteiger partial charge in [-0.3, -0.25) is 9.78 Å². The second kappa shape index (κ2) is 10.3. The van der Waals surface area contributed by atoms with E-state index in [4.69, 9.17) is 4.74 Å². The molecule has 0 radical (unpaired) electrons. The summed E-state index contributed by atoms with van der Waals surface area (Å²) in [4.78, 5) is 20.5. The highest BCUT2D eigenvalue weighted by Gasteiger charge is 2.29. The minimum absolute atomic E-state index is 0. The molecule has 0 unspecified atom stereocenters. The number of ether oxygens (including phenoxy) is 1. The predicted octanol–water partition coefficient (Wildman–Crippen LogP) is 2.72. The molecule has 31 heavy (non-hydrogen) atoms. The first kappa shape index (κ1) is 23.3. The van der Waals surface area contributed by atoms with E-state index < -0.39 is 0 Å². The van der Waals surface area contributed by atoms with Crippen LogP contribution in [0.3, 0.4) is 0 Å². The molecule has 2 aliphatic rings. The van der Waals surface area contributed by atoms with Gasteiger partial charge in [-0.05, 0) is 44.0 Å². The van der Waals surface area contributed by atoms with Crippen molar-refractivity contribution in [3.63, 3.8) is 0 Å². The Balaban J connectivity index is 0.00000272. The summed E-state index contributed by atoms with van der Waals surface area (Å²) in [5.74, 6) is 0.0534. The van der Waals surface area contributed by atoms with E-state index in [0.29, 0.717) is 11.6 Å². The van der Waals surface area contributed by atoms with Crippen molar-refractivity contribution in [2.24, 2.45) is 0 Å². The monoisotopic (exact) mass is 443 g/mol. The molecule has 0 bridgehead atoms. The van der Waals surface area contributed by atoms with Crippen LogP contribution in [0, 0.1) is 11.3 Å². The number of pyridine rings is 1. The minimum Gasteiger partial charge on any atom is -0.370 e. The number of rotatable bonds is 4. The third-order valence-corrected chi connectivity index (χ3v) is 5.99. The van der Waals surface area contributed by atoms with Gasteiger partial charge in [0.25, 0.3) is 0 Å². The summed E-state index contributed by atoms with van der Waals surface area (Å²) < 4.78 is 6.27. The average Bonchev–Trinajstić information content (AvgIpc) is 2.73. The Morgan fingerprint density at radius 3 is 2.77 bits per heavy atom. The van der Waals surface area contributed by atoms with Crippen molar-refractivity contribution < 1.29 is 9.53 Å². The summed E-state index contributed by atoms with van der Waals surface area (Å²) in [6.45, 7) is 8.17. The lowest BCUT2D eigenvalue weighted by Gasteiger charge is -2.41. The van der Waals surface area contributed by atoms with Crippen LogP contribution in [-0.2, 0) is 9.53 Å². The zero-order chi connectivity index (χ0) is 21.1. The van der Waals surface area contributed by atoms with E-state index in [0.717, 1.165) is 62.2 Å². The number of hydrogen-bond acceptors (Lipinski definition) is 6. The normalized spacial score (nSPS) is 22.5. The number of halogens is 1. The van der Waals surface area contributed by atoms with Gasteiger partial charge in [0.05, 0.1) is 23.3 Å². The highest BCUT2D eigenvalue weighted by atomic mass is 35.5. The number of benzene rings is 1. The van der Waals surface area contributed by atoms with Crippen LogP contribution >= 0.6 is 12.4 Å². The summed E-state index contributed by atoms with van der Waals surface area (Å²) in [6.07, 6.45) is 3.95. The van der Waals surface area contributed by atoms with Crippen molar-refractivity contribution in [2.45, 2.75) is 44.9 Å². The first-order valence-corrected chi connectivity index (χ1v) is 10.7. The van der Waals surface area contributed by atoms with E-state index in [9.17, 15) is 10.1 Å². The van der Waals surface area contributed by atoms with Gasteiger partial charge in [-0.15, -0.1) is 12.4 Å². The van der Waals surface area contributed by atoms with Crippen LogP contribution in [0.15, 0.2) is 30.5 Å². The fraction of sp³-hybridized carbons (Fsp3) is 0.522. The molecule has 8 heteroatoms. The minimum atomic E-state index is 0. The van der Waals surface area contributed by atoms with Gasteiger partial charge in [0, 0.05) is 63.0 Å². The van der Waals surface area contributed by atoms with Crippen LogP contribution in [0.1, 0.15) is 32.3 Å². The lowest BCUT2D eigenvalue weighted by Crippen LogP contribution is -2.53. The highest BCUT2D eigenvalue weighted by molar-refractivity contribution is 5.95. The Morgan fingerprint density at radius 2 is 2.06 bits per heavy atom. The van der Waals surface area contributed by atoms with Gasteiger partial charge in [0.1, 0.15) is 6.07 Å². The fourth-order valence-corrected chi connectivity index (χ4v) is 4.70. The molecule has 2 atom stereocenters. The Kier molecular flexibility index (Phi) is 7.71. The van der Waals surface area contributed by atoms with Crippen LogP contribution in [-0.4, -0.2) is 66.8 Å². The van der Waals surface area contributed by atoms with Gasteiger partial charge >= 0.3 is 0 Å². The van der Waals surface area contributed by atoms with E-state index in [1.807, 2.05) is 24.3 Å². The second-order valence-electron chi connectivity index (χ2n) is 8.39. The Morgan fingerprint density at radius 1 is 1.29 bits per heavy atom. The van der Waals surface area contributed by atoms with Crippen LogP contribution in [0.4, 0.5) is 5.69 Å². The van der Waals surface area contributed by atoms with Crippen LogP contribution in [0.25, 0.3) is 10.9 Å². The number of amides is 1. The largest absolute Gasteiger partial charge is 0.370 e. The molecule has 2 fully saturated rings. The molecular formula is C23H30ClN5O2. The third-order valence-electron chi connectivity index (χ3n) is 5.99. The second-order valence-corrected chi connectivity index (χ2v) is 8.39. The van der Waals surface area contributed by atoms with Crippen LogP contribution in [0.5, 0.6) is 0 Å². The van der Waals surface area contributed by atoms with E-state index in [-0.39, 0.29) is 30.5 Å². The Bertz CT molecular complexity index is 955. The molecular weight excluding hydrogens is 414 g/mol. The van der Waals surface area contributed by atoms with Crippen LogP contribution in [0.2, 0.25) is 0 Å². The summed E-state index contributed by atoms with van der Waals surface area (Å²) in [7, 11) is 0. The molecule has 1 aromatic carbocycles. The van der Waals surface area contributed by atoms with Gasteiger partial charge in [0.15, 0.2) is 0 Å². The van der Waals surface area contributed by atoms with E-state index in [1.165, 1.54) is 0 Å². The van der Waals surface area contributed by atoms with Crippen molar-refractivity contribution in [1.82, 2.24) is 15.2 Å². The number of nitrogens with one attached hydrogen (secondary N) is 1. The van der Waals surface area contributed by atoms with Crippen LogP contribution < -0.4 is 10.2 Å². The number of aromatic nitrogens is 1. The first-order chi connectivity index (χ1) is 14.5. The van der Waals surface area contributed by atoms with Crippen molar-refractivity contribution in [3.8, 4) is 6.07 Å². The van der Waals surface area contributed by atoms with Crippen molar-refractivity contribution in [3.05, 3.63) is 36.0 Å². The van der Waals surface area contributed by atoms with Gasteiger partial charge in [-0.2, -0.15) is 5.26 Å². The molecule has 0 aliphatic carbocycles. The molecule has 4 rings (SSSR count). The number of likely N-dealkylation sites (tertiary alicyclic amines) is 1. The maximum Gasteiger partial charge on any atom is 0.217 e. The lowest BCUT2D eigenvalue weighted by atomic mass is 10.0. The molecule has 1 amide bonds. The number of carbonyl (C=O) groups excluding carboxylic acids is 1. The van der Waals surface area contributed by atoms with Crippen molar-refractivity contribution in [1.29, 1.82) is 5.26 Å². The Hall–Kier alpha value is -2.40. The molecule has 1 aromatic heterocycles. The summed E-state index contributed by atoms with van der Waals surface area (Å²) in [5, 5.41) is 13.5. The standard InChI is InChI=1S/C23H29N5O2.ClH/c1-16-13-28(22-6-5-18(12-24)23-21(22)4-3-9-25-23)15-20(30-16)14-27-10-7-19(8-11-27)26-17(2)29;/h3-6,9,16,19-20H,7-8,10-11,13-15H2,1-2H3,(H,26,29);1H/t16-,20+;/m1./s1. The summed E-state index contributed by atoms with van der Waals surface area (Å²) in [5.41, 5.74) is 2.48.